The maximum Gasteiger partial charge on any atom is 0.295 e. The number of likely N-dealkylation sites (N-methyl/N-ethyl adjacent to an activating group) is 1. The third kappa shape index (κ3) is 3.97. The van der Waals surface area contributed by atoms with Crippen LogP contribution < -0.4 is 4.74 Å². The number of nitrogens with zero attached hydrogens (tertiary/aromatic N) is 1. The molecule has 0 spiro atoms. The van der Waals surface area contributed by atoms with E-state index in [4.69, 9.17) is 4.74 Å². The van der Waals surface area contributed by atoms with E-state index >= 15 is 0 Å². The van der Waals surface area contributed by atoms with Gasteiger partial charge >= 0.3 is 0 Å². The summed E-state index contributed by atoms with van der Waals surface area (Å²) in [6.45, 7) is 4.72. The van der Waals surface area contributed by atoms with Gasteiger partial charge in [-0.15, -0.1) is 0 Å². The lowest BCUT2D eigenvalue weighted by Gasteiger charge is -2.21. The standard InChI is InChI=1S/C22H22BrNO4/c1-13(2)12-28-17-9-7-14(8-10-17)20(25)18-19(24(3)22(27)21(18)26)15-5-4-6-16(23)11-15/h4-11,13,19,25H,12H2,1-3H3/t19-/m0/s1. The number of hydrogen-bond donors (Lipinski definition) is 1. The van der Waals surface area contributed by atoms with E-state index in [9.17, 15) is 14.7 Å². The molecular weight excluding hydrogens is 422 g/mol. The second-order valence-corrected chi connectivity index (χ2v) is 8.11. The minimum atomic E-state index is -0.690. The van der Waals surface area contributed by atoms with Crippen LogP contribution in [0.4, 0.5) is 0 Å². The molecule has 0 bridgehead atoms. The third-order valence-corrected chi connectivity index (χ3v) is 5.04. The van der Waals surface area contributed by atoms with Gasteiger partial charge in [0, 0.05) is 17.1 Å². The molecule has 1 N–H and O–H groups in total. The lowest BCUT2D eigenvalue weighted by molar-refractivity contribution is -0.139. The summed E-state index contributed by atoms with van der Waals surface area (Å²) in [4.78, 5) is 26.3. The summed E-state index contributed by atoms with van der Waals surface area (Å²) < 4.78 is 6.48. The van der Waals surface area contributed by atoms with Crippen LogP contribution in [-0.4, -0.2) is 35.4 Å². The molecule has 5 nitrogen and oxygen atoms in total. The highest BCUT2D eigenvalue weighted by molar-refractivity contribution is 9.10. The number of hydrogen-bond acceptors (Lipinski definition) is 4. The van der Waals surface area contributed by atoms with Crippen LogP contribution in [0.25, 0.3) is 5.76 Å². The molecule has 1 heterocycles. The molecule has 0 aliphatic carbocycles. The van der Waals surface area contributed by atoms with Crippen molar-refractivity contribution in [2.24, 2.45) is 5.92 Å². The van der Waals surface area contributed by atoms with Gasteiger partial charge in [-0.2, -0.15) is 0 Å². The number of benzene rings is 2. The molecule has 1 aliphatic rings. The minimum Gasteiger partial charge on any atom is -0.507 e. The van der Waals surface area contributed by atoms with E-state index in [1.807, 2.05) is 24.3 Å². The summed E-state index contributed by atoms with van der Waals surface area (Å²) in [5.41, 5.74) is 1.29. The Labute approximate surface area is 172 Å². The number of aliphatic hydroxyl groups excluding tert-OH is 1. The van der Waals surface area contributed by atoms with Gasteiger partial charge in [-0.1, -0.05) is 41.9 Å². The normalized spacial score (nSPS) is 18.8. The van der Waals surface area contributed by atoms with Gasteiger partial charge < -0.3 is 14.7 Å². The molecule has 0 saturated carbocycles. The monoisotopic (exact) mass is 443 g/mol. The molecule has 1 saturated heterocycles. The van der Waals surface area contributed by atoms with Gasteiger partial charge in [-0.3, -0.25) is 9.59 Å². The smallest absolute Gasteiger partial charge is 0.295 e. The van der Waals surface area contributed by atoms with Gasteiger partial charge in [0.15, 0.2) is 0 Å². The largest absolute Gasteiger partial charge is 0.507 e. The number of ketones is 1. The van der Waals surface area contributed by atoms with Crippen LogP contribution in [0.3, 0.4) is 0 Å². The van der Waals surface area contributed by atoms with Gasteiger partial charge in [0.2, 0.25) is 0 Å². The SMILES string of the molecule is CC(C)COc1ccc(C(O)=C2C(=O)C(=O)N(C)[C@H]2c2cccc(Br)c2)cc1. The minimum absolute atomic E-state index is 0.0847. The Bertz CT molecular complexity index is 934. The van der Waals surface area contributed by atoms with Crippen LogP contribution in [0.15, 0.2) is 58.6 Å². The summed E-state index contributed by atoms with van der Waals surface area (Å²) in [7, 11) is 1.56. The lowest BCUT2D eigenvalue weighted by Crippen LogP contribution is -2.24. The molecule has 0 aromatic heterocycles. The fourth-order valence-corrected chi connectivity index (χ4v) is 3.56. The van der Waals surface area contributed by atoms with Crippen molar-refractivity contribution >= 4 is 33.4 Å². The van der Waals surface area contributed by atoms with Gasteiger partial charge in [-0.25, -0.2) is 0 Å². The highest BCUT2D eigenvalue weighted by atomic mass is 79.9. The Hall–Kier alpha value is -2.60. The summed E-state index contributed by atoms with van der Waals surface area (Å²) in [6.07, 6.45) is 0. The lowest BCUT2D eigenvalue weighted by atomic mass is 9.95. The molecule has 0 radical (unpaired) electrons. The van der Waals surface area contributed by atoms with Crippen LogP contribution in [0.2, 0.25) is 0 Å². The number of Topliss-reactive ketones (excluding diaryl/α,β-unsaturated/α-hetero) is 1. The fourth-order valence-electron chi connectivity index (χ4n) is 3.14. The average molecular weight is 444 g/mol. The highest BCUT2D eigenvalue weighted by Crippen LogP contribution is 2.39. The molecule has 1 amide bonds. The van der Waals surface area contributed by atoms with E-state index in [-0.39, 0.29) is 11.3 Å². The zero-order valence-corrected chi connectivity index (χ0v) is 17.6. The maximum atomic E-state index is 12.6. The first-order valence-corrected chi connectivity index (χ1v) is 9.82. The molecule has 1 fully saturated rings. The predicted octanol–water partition coefficient (Wildman–Crippen LogP) is 4.54. The number of likely N-dealkylation sites (tertiary alicyclic amines) is 1. The van der Waals surface area contributed by atoms with Crippen molar-refractivity contribution in [2.45, 2.75) is 19.9 Å². The van der Waals surface area contributed by atoms with E-state index in [0.717, 1.165) is 10.0 Å². The van der Waals surface area contributed by atoms with E-state index in [0.29, 0.717) is 23.8 Å². The van der Waals surface area contributed by atoms with Crippen LogP contribution in [0, 0.1) is 5.92 Å². The summed E-state index contributed by atoms with van der Waals surface area (Å²) >= 11 is 3.41. The number of halogens is 1. The van der Waals surface area contributed by atoms with Crippen LogP contribution >= 0.6 is 15.9 Å². The molecular formula is C22H22BrNO4. The van der Waals surface area contributed by atoms with Crippen molar-refractivity contribution in [1.82, 2.24) is 4.90 Å². The summed E-state index contributed by atoms with van der Waals surface area (Å²) in [6, 6.07) is 13.6. The molecule has 2 aromatic rings. The van der Waals surface area contributed by atoms with Gasteiger partial charge in [0.1, 0.15) is 11.5 Å². The Morgan fingerprint density at radius 1 is 1.18 bits per heavy atom. The van der Waals surface area contributed by atoms with Crippen LogP contribution in [-0.2, 0) is 9.59 Å². The van der Waals surface area contributed by atoms with Gasteiger partial charge in [0.05, 0.1) is 18.2 Å². The predicted molar refractivity (Wildman–Crippen MR) is 111 cm³/mol. The van der Waals surface area contributed by atoms with E-state index in [1.165, 1.54) is 4.90 Å². The highest BCUT2D eigenvalue weighted by Gasteiger charge is 2.44. The maximum absolute atomic E-state index is 12.6. The zero-order valence-electron chi connectivity index (χ0n) is 16.0. The first-order chi connectivity index (χ1) is 13.3. The van der Waals surface area contributed by atoms with Crippen LogP contribution in [0.1, 0.15) is 31.0 Å². The van der Waals surface area contributed by atoms with E-state index < -0.39 is 17.7 Å². The summed E-state index contributed by atoms with van der Waals surface area (Å²) in [5.74, 6) is -0.430. The van der Waals surface area contributed by atoms with Gasteiger partial charge in [0.25, 0.3) is 11.7 Å². The quantitative estimate of drug-likeness (QED) is 0.418. The number of amides is 1. The van der Waals surface area contributed by atoms with Crippen molar-refractivity contribution in [2.75, 3.05) is 13.7 Å². The molecule has 146 valence electrons. The average Bonchev–Trinajstić information content (AvgIpc) is 2.90. The number of rotatable bonds is 5. The molecule has 2 aromatic carbocycles. The second kappa shape index (κ2) is 8.19. The van der Waals surface area contributed by atoms with Crippen molar-refractivity contribution in [3.63, 3.8) is 0 Å². The summed E-state index contributed by atoms with van der Waals surface area (Å²) in [5, 5.41) is 10.9. The molecule has 6 heteroatoms. The molecule has 1 aliphatic heterocycles. The Morgan fingerprint density at radius 3 is 2.46 bits per heavy atom. The number of aliphatic hydroxyl groups is 1. The molecule has 1 atom stereocenters. The van der Waals surface area contributed by atoms with Crippen molar-refractivity contribution < 1.29 is 19.4 Å². The molecule has 3 rings (SSSR count). The second-order valence-electron chi connectivity index (χ2n) is 7.19. The molecule has 0 unspecified atom stereocenters. The van der Waals surface area contributed by atoms with E-state index in [2.05, 4.69) is 29.8 Å². The topological polar surface area (TPSA) is 66.8 Å². The molecule has 28 heavy (non-hydrogen) atoms. The third-order valence-electron chi connectivity index (χ3n) is 4.55. The fraction of sp³-hybridized carbons (Fsp3) is 0.273. The number of carbonyl (C=O) groups excluding carboxylic acids is 2. The van der Waals surface area contributed by atoms with Gasteiger partial charge in [-0.05, 0) is 47.9 Å². The Morgan fingerprint density at radius 2 is 1.86 bits per heavy atom. The zero-order chi connectivity index (χ0) is 20.4. The number of carbonyl (C=O) groups is 2. The van der Waals surface area contributed by atoms with E-state index in [1.54, 1.807) is 31.3 Å². The Balaban J connectivity index is 2.00. The first-order valence-electron chi connectivity index (χ1n) is 9.03. The number of ether oxygens (including phenoxy) is 1. The Kier molecular flexibility index (Phi) is 5.89. The van der Waals surface area contributed by atoms with Crippen LogP contribution in [0.5, 0.6) is 5.75 Å². The first kappa shape index (κ1) is 20.1. The van der Waals surface area contributed by atoms with Crippen molar-refractivity contribution in [3.05, 3.63) is 69.7 Å². The van der Waals surface area contributed by atoms with Crippen molar-refractivity contribution in [1.29, 1.82) is 0 Å². The van der Waals surface area contributed by atoms with Crippen molar-refractivity contribution in [3.8, 4) is 5.75 Å².